The summed E-state index contributed by atoms with van der Waals surface area (Å²) in [5.41, 5.74) is 4.37. The highest BCUT2D eigenvalue weighted by atomic mass is 32.1. The third-order valence-corrected chi connectivity index (χ3v) is 7.15. The van der Waals surface area contributed by atoms with Gasteiger partial charge in [-0.25, -0.2) is 4.98 Å². The molecule has 6 heteroatoms. The highest BCUT2D eigenvalue weighted by molar-refractivity contribution is 7.13. The molecule has 0 N–H and O–H groups in total. The van der Waals surface area contributed by atoms with Gasteiger partial charge in [0.2, 0.25) is 0 Å². The Morgan fingerprint density at radius 2 is 1.75 bits per heavy atom. The second-order valence-electron chi connectivity index (χ2n) is 8.25. The molecule has 0 radical (unpaired) electrons. The van der Waals surface area contributed by atoms with E-state index < -0.39 is 0 Å². The maximum Gasteiger partial charge on any atom is 0.265 e. The van der Waals surface area contributed by atoms with Gasteiger partial charge in [0.15, 0.2) is 0 Å². The largest absolute Gasteiger partial charge is 0.335 e. The van der Waals surface area contributed by atoms with E-state index in [1.165, 1.54) is 27.8 Å². The first-order chi connectivity index (χ1) is 15.7. The molecule has 1 aliphatic rings. The van der Waals surface area contributed by atoms with Crippen LogP contribution in [-0.2, 0) is 13.0 Å². The molecule has 32 heavy (non-hydrogen) atoms. The molecular weight excluding hydrogens is 416 g/mol. The Labute approximate surface area is 192 Å². The van der Waals surface area contributed by atoms with E-state index in [0.717, 1.165) is 60.2 Å². The maximum absolute atomic E-state index is 13.2. The van der Waals surface area contributed by atoms with E-state index in [-0.39, 0.29) is 5.91 Å². The summed E-state index contributed by atoms with van der Waals surface area (Å²) in [6.07, 6.45) is 2.62. The molecule has 0 unspecified atom stereocenters. The number of aromatic nitrogens is 2. The topological polar surface area (TPSA) is 49.3 Å². The molecule has 5 nitrogen and oxygen atoms in total. The number of hydrogen-bond donors (Lipinski definition) is 0. The van der Waals surface area contributed by atoms with Crippen LogP contribution in [0.15, 0.2) is 66.9 Å². The molecule has 1 amide bonds. The minimum absolute atomic E-state index is 0.116. The van der Waals surface area contributed by atoms with E-state index in [2.05, 4.69) is 51.3 Å². The number of piperazine rings is 1. The smallest absolute Gasteiger partial charge is 0.265 e. The van der Waals surface area contributed by atoms with Crippen LogP contribution in [0, 0.1) is 6.92 Å². The minimum atomic E-state index is 0.116. The molecule has 1 saturated heterocycles. The van der Waals surface area contributed by atoms with E-state index in [0.29, 0.717) is 0 Å². The number of carbonyl (C=O) groups excluding carboxylic acids is 1. The van der Waals surface area contributed by atoms with Crippen LogP contribution in [0.1, 0.15) is 31.5 Å². The highest BCUT2D eigenvalue weighted by Gasteiger charge is 2.25. The normalized spacial score (nSPS) is 14.7. The molecule has 2 aromatic carbocycles. The van der Waals surface area contributed by atoms with Crippen molar-refractivity contribution in [2.75, 3.05) is 26.2 Å². The lowest BCUT2D eigenvalue weighted by molar-refractivity contribution is 0.0632. The van der Waals surface area contributed by atoms with E-state index in [4.69, 9.17) is 0 Å². The van der Waals surface area contributed by atoms with Gasteiger partial charge in [-0.15, -0.1) is 11.3 Å². The number of carbonyl (C=O) groups is 1. The van der Waals surface area contributed by atoms with Crippen LogP contribution in [0.4, 0.5) is 0 Å². The minimum Gasteiger partial charge on any atom is -0.335 e. The summed E-state index contributed by atoms with van der Waals surface area (Å²) < 4.78 is 0. The van der Waals surface area contributed by atoms with Crippen LogP contribution in [0.5, 0.6) is 0 Å². The predicted octanol–water partition coefficient (Wildman–Crippen LogP) is 4.55. The summed E-state index contributed by atoms with van der Waals surface area (Å²) in [5.74, 6) is 0.116. The zero-order chi connectivity index (χ0) is 21.9. The van der Waals surface area contributed by atoms with Crippen LogP contribution in [0.25, 0.3) is 10.9 Å². The van der Waals surface area contributed by atoms with Crippen LogP contribution in [0.3, 0.4) is 0 Å². The van der Waals surface area contributed by atoms with Crippen molar-refractivity contribution in [2.45, 2.75) is 19.9 Å². The Kier molecular flexibility index (Phi) is 5.97. The Hall–Kier alpha value is -3.09. The van der Waals surface area contributed by atoms with Crippen molar-refractivity contribution in [3.8, 4) is 0 Å². The van der Waals surface area contributed by atoms with Crippen LogP contribution in [-0.4, -0.2) is 51.9 Å². The number of fused-ring (bicyclic) bond motifs is 1. The van der Waals surface area contributed by atoms with Gasteiger partial charge in [-0.1, -0.05) is 54.6 Å². The van der Waals surface area contributed by atoms with E-state index >= 15 is 0 Å². The van der Waals surface area contributed by atoms with Crippen molar-refractivity contribution in [3.63, 3.8) is 0 Å². The number of benzene rings is 2. The zero-order valence-electron chi connectivity index (χ0n) is 18.2. The van der Waals surface area contributed by atoms with Crippen molar-refractivity contribution in [3.05, 3.63) is 93.6 Å². The second kappa shape index (κ2) is 9.18. The Morgan fingerprint density at radius 3 is 2.56 bits per heavy atom. The summed E-state index contributed by atoms with van der Waals surface area (Å²) in [6, 6.07) is 20.7. The first-order valence-corrected chi connectivity index (χ1v) is 11.8. The Balaban J connectivity index is 1.22. The molecule has 0 spiro atoms. The first kappa shape index (κ1) is 20.8. The Morgan fingerprint density at radius 1 is 0.969 bits per heavy atom. The van der Waals surface area contributed by atoms with Gasteiger partial charge in [-0.05, 0) is 24.1 Å². The van der Waals surface area contributed by atoms with Gasteiger partial charge >= 0.3 is 0 Å². The van der Waals surface area contributed by atoms with Crippen LogP contribution in [0.2, 0.25) is 0 Å². The SMILES string of the molecule is Cc1nc(Cc2ccccc2)sc1C(=O)N1CCN(Cc2cccc3cccnc23)CC1. The summed E-state index contributed by atoms with van der Waals surface area (Å²) in [4.78, 5) is 27.6. The quantitative estimate of drug-likeness (QED) is 0.455. The summed E-state index contributed by atoms with van der Waals surface area (Å²) in [6.45, 7) is 6.01. The lowest BCUT2D eigenvalue weighted by Gasteiger charge is -2.34. The highest BCUT2D eigenvalue weighted by Crippen LogP contribution is 2.24. The molecule has 5 rings (SSSR count). The fraction of sp³-hybridized carbons (Fsp3) is 0.269. The predicted molar refractivity (Wildman–Crippen MR) is 129 cm³/mol. The van der Waals surface area contributed by atoms with Crippen molar-refractivity contribution < 1.29 is 4.79 Å². The fourth-order valence-corrected chi connectivity index (χ4v) is 5.35. The molecule has 1 aliphatic heterocycles. The number of amides is 1. The van der Waals surface area contributed by atoms with Gasteiger partial charge in [0.25, 0.3) is 5.91 Å². The average molecular weight is 443 g/mol. The number of nitrogens with zero attached hydrogens (tertiary/aromatic N) is 4. The maximum atomic E-state index is 13.2. The van der Waals surface area contributed by atoms with E-state index in [9.17, 15) is 4.79 Å². The average Bonchev–Trinajstić information content (AvgIpc) is 3.20. The standard InChI is InChI=1S/C26H26N4OS/c1-19-25(32-23(28-19)17-20-7-3-2-4-8-20)26(31)30-15-13-29(14-16-30)18-22-10-5-9-21-11-6-12-27-24(21)22/h2-12H,13-18H2,1H3. The number of thiazole rings is 1. The third kappa shape index (κ3) is 4.42. The molecule has 2 aromatic heterocycles. The molecule has 0 atom stereocenters. The summed E-state index contributed by atoms with van der Waals surface area (Å²) in [5, 5.41) is 2.17. The molecular formula is C26H26N4OS. The molecule has 3 heterocycles. The monoisotopic (exact) mass is 442 g/mol. The van der Waals surface area contributed by atoms with Gasteiger partial charge in [-0.2, -0.15) is 0 Å². The molecule has 0 bridgehead atoms. The van der Waals surface area contributed by atoms with Gasteiger partial charge in [-0.3, -0.25) is 14.7 Å². The number of rotatable bonds is 5. The molecule has 162 valence electrons. The summed E-state index contributed by atoms with van der Waals surface area (Å²) in [7, 11) is 0. The van der Waals surface area contributed by atoms with Crippen molar-refractivity contribution >= 4 is 28.1 Å². The van der Waals surface area contributed by atoms with E-state index in [1.54, 1.807) is 0 Å². The number of aryl methyl sites for hydroxylation is 1. The molecule has 0 aliphatic carbocycles. The fourth-order valence-electron chi connectivity index (χ4n) is 4.29. The van der Waals surface area contributed by atoms with Gasteiger partial charge in [0.05, 0.1) is 16.2 Å². The zero-order valence-corrected chi connectivity index (χ0v) is 19.0. The summed E-state index contributed by atoms with van der Waals surface area (Å²) >= 11 is 1.54. The molecule has 0 saturated carbocycles. The van der Waals surface area contributed by atoms with Gasteiger partial charge < -0.3 is 4.90 Å². The van der Waals surface area contributed by atoms with Crippen molar-refractivity contribution in [1.82, 2.24) is 19.8 Å². The molecule has 4 aromatic rings. The number of pyridine rings is 1. The Bertz CT molecular complexity index is 1220. The third-order valence-electron chi connectivity index (χ3n) is 6.00. The van der Waals surface area contributed by atoms with Gasteiger partial charge in [0, 0.05) is 50.7 Å². The second-order valence-corrected chi connectivity index (χ2v) is 9.33. The lowest BCUT2D eigenvalue weighted by atomic mass is 10.1. The molecule has 1 fully saturated rings. The van der Waals surface area contributed by atoms with Gasteiger partial charge in [0.1, 0.15) is 4.88 Å². The number of hydrogen-bond acceptors (Lipinski definition) is 5. The van der Waals surface area contributed by atoms with Crippen molar-refractivity contribution in [2.24, 2.45) is 0 Å². The van der Waals surface area contributed by atoms with E-state index in [1.807, 2.05) is 42.3 Å². The number of para-hydroxylation sites is 1. The lowest BCUT2D eigenvalue weighted by Crippen LogP contribution is -2.48. The van der Waals surface area contributed by atoms with Crippen molar-refractivity contribution in [1.29, 1.82) is 0 Å². The first-order valence-electron chi connectivity index (χ1n) is 11.0. The van der Waals surface area contributed by atoms with Crippen LogP contribution >= 0.6 is 11.3 Å². The van der Waals surface area contributed by atoms with Crippen LogP contribution < -0.4 is 0 Å².